The molecule has 49 heavy (non-hydrogen) atoms. The number of carbonyl (C=O) groups is 1. The van der Waals surface area contributed by atoms with Gasteiger partial charge in [-0.2, -0.15) is 0 Å². The molecule has 6 rings (SSSR count). The van der Waals surface area contributed by atoms with E-state index in [-0.39, 0.29) is 42.5 Å². The van der Waals surface area contributed by atoms with Crippen LogP contribution in [0.5, 0.6) is 0 Å². The fraction of sp³-hybridized carbons (Fsp3) is 0.395. The van der Waals surface area contributed by atoms with Crippen molar-refractivity contribution in [3.05, 3.63) is 89.8 Å². The van der Waals surface area contributed by atoms with Gasteiger partial charge < -0.3 is 14.5 Å². The van der Waals surface area contributed by atoms with E-state index in [9.17, 15) is 9.90 Å². The molecule has 6 aromatic rings. The zero-order valence-corrected chi connectivity index (χ0v) is 33.6. The second-order valence-corrected chi connectivity index (χ2v) is 15.1. The molecule has 0 fully saturated rings. The van der Waals surface area contributed by atoms with Gasteiger partial charge in [0.2, 0.25) is 0 Å². The van der Waals surface area contributed by atoms with E-state index in [1.165, 1.54) is 37.4 Å². The normalized spacial score (nSPS) is 12.5. The van der Waals surface area contributed by atoms with E-state index in [1.54, 1.807) is 0 Å². The Labute approximate surface area is 309 Å². The Morgan fingerprint density at radius 1 is 0.898 bits per heavy atom. The number of furan rings is 1. The molecule has 3 aromatic heterocycles. The Kier molecular flexibility index (Phi) is 12.3. The molecule has 0 atom stereocenters. The molecule has 0 aliphatic heterocycles. The molecule has 4 nitrogen and oxygen atoms in total. The molecule has 0 aliphatic carbocycles. The second kappa shape index (κ2) is 15.7. The molecule has 6 heteroatoms. The third-order valence-corrected chi connectivity index (χ3v) is 12.1. The average molecular weight is 853 g/mol. The van der Waals surface area contributed by atoms with Crippen molar-refractivity contribution >= 4 is 59.2 Å². The van der Waals surface area contributed by atoms with Gasteiger partial charge in [-0.1, -0.05) is 96.7 Å². The van der Waals surface area contributed by atoms with E-state index in [4.69, 9.17) is 9.40 Å². The van der Waals surface area contributed by atoms with Gasteiger partial charge in [-0.05, 0) is 79.0 Å². The molecule has 0 bridgehead atoms. The van der Waals surface area contributed by atoms with Crippen LogP contribution in [0.15, 0.2) is 77.0 Å². The van der Waals surface area contributed by atoms with E-state index in [2.05, 4.69) is 63.2 Å². The van der Waals surface area contributed by atoms with Crippen LogP contribution in [0.2, 0.25) is 0 Å². The summed E-state index contributed by atoms with van der Waals surface area (Å²) in [5, 5.41) is 14.9. The van der Waals surface area contributed by atoms with E-state index >= 15 is 0 Å². The number of allylic oxidation sites excluding steroid dienone is 2. The number of aliphatic hydroxyl groups is 1. The fourth-order valence-electron chi connectivity index (χ4n) is 6.33. The first-order chi connectivity index (χ1) is 22.9. The number of aryl methyl sites for hydroxylation is 1. The Morgan fingerprint density at radius 3 is 2.20 bits per heavy atom. The van der Waals surface area contributed by atoms with Gasteiger partial charge in [-0.15, -0.1) is 29.5 Å². The number of thiophene rings is 1. The number of para-hydroxylation sites is 1. The van der Waals surface area contributed by atoms with Gasteiger partial charge in [-0.25, -0.2) is 0 Å². The van der Waals surface area contributed by atoms with Crippen LogP contribution in [0, 0.1) is 29.7 Å². The number of aliphatic hydroxyl groups excluding tert-OH is 1. The van der Waals surface area contributed by atoms with E-state index in [0.717, 1.165) is 65.3 Å². The Hall–Kier alpha value is -3.31. The van der Waals surface area contributed by atoms with Crippen LogP contribution in [-0.4, -0.2) is 15.9 Å². The maximum atomic E-state index is 12.2. The quantitative estimate of drug-likeness (QED) is 0.0847. The van der Waals surface area contributed by atoms with Crippen LogP contribution in [0.4, 0.5) is 0 Å². The van der Waals surface area contributed by atoms with Crippen molar-refractivity contribution in [1.29, 1.82) is 0 Å². The smallest absolute Gasteiger partial charge is 0.164 e. The number of aromatic nitrogens is 1. The number of carbonyl (C=O) groups excluding carboxylic acids is 1. The van der Waals surface area contributed by atoms with Crippen molar-refractivity contribution in [3.63, 3.8) is 0 Å². The number of rotatable bonds is 10. The third-order valence-electron chi connectivity index (χ3n) is 10.7. The van der Waals surface area contributed by atoms with Crippen LogP contribution < -0.4 is 0 Å². The molecule has 261 valence electrons. The summed E-state index contributed by atoms with van der Waals surface area (Å²) in [7, 11) is 0. The second-order valence-electron chi connectivity index (χ2n) is 14.1. The van der Waals surface area contributed by atoms with Crippen LogP contribution in [0.1, 0.15) is 92.2 Å². The Bertz CT molecular complexity index is 2110. The number of pyridine rings is 1. The van der Waals surface area contributed by atoms with Crippen molar-refractivity contribution in [2.75, 3.05) is 0 Å². The van der Waals surface area contributed by atoms with Crippen LogP contribution in [-0.2, 0) is 31.3 Å². The molecule has 1 N–H and O–H groups in total. The van der Waals surface area contributed by atoms with Gasteiger partial charge in [-0.3, -0.25) is 4.79 Å². The van der Waals surface area contributed by atoms with Crippen molar-refractivity contribution in [1.82, 2.24) is 4.98 Å². The maximum Gasteiger partial charge on any atom is 0.164 e. The molecule has 0 saturated carbocycles. The topological polar surface area (TPSA) is 63.3 Å². The van der Waals surface area contributed by atoms with Gasteiger partial charge in [0.15, 0.2) is 5.78 Å². The molecule has 0 amide bonds. The minimum atomic E-state index is -0.337. The largest absolute Gasteiger partial charge is 0.512 e. The predicted molar refractivity (Wildman–Crippen MR) is 205 cm³/mol. The summed E-state index contributed by atoms with van der Waals surface area (Å²) in [6.45, 7) is 18.9. The molecule has 3 heterocycles. The SMILES string of the molecule is CCC(C)(CC)C(=O)/C=C(\O)C(C)(CC)CC.Cc1c(CC(C)C)ccc2c1sc1c(-c3[c-]ccc4c3oc3ccccc34)nccc12.[Ir]. The van der Waals surface area contributed by atoms with Crippen molar-refractivity contribution < 1.29 is 34.4 Å². The van der Waals surface area contributed by atoms with Gasteiger partial charge in [0, 0.05) is 63.7 Å². The molecule has 1 radical (unpaired) electrons. The predicted octanol–water partition coefficient (Wildman–Crippen LogP) is 13.0. The Balaban J connectivity index is 0.000000260. The summed E-state index contributed by atoms with van der Waals surface area (Å²) in [6.07, 6.45) is 7.77. The van der Waals surface area contributed by atoms with Gasteiger partial charge >= 0.3 is 0 Å². The van der Waals surface area contributed by atoms with E-state index in [1.807, 2.05) is 77.3 Å². The third kappa shape index (κ3) is 7.43. The van der Waals surface area contributed by atoms with Crippen LogP contribution >= 0.6 is 11.3 Å². The van der Waals surface area contributed by atoms with Crippen molar-refractivity contribution in [2.24, 2.45) is 16.7 Å². The first kappa shape index (κ1) is 38.5. The number of ketones is 1. The molecule has 0 saturated heterocycles. The first-order valence-corrected chi connectivity index (χ1v) is 18.3. The van der Waals surface area contributed by atoms with Gasteiger partial charge in [0.05, 0.1) is 5.58 Å². The summed E-state index contributed by atoms with van der Waals surface area (Å²) < 4.78 is 8.84. The molecule has 0 aliphatic rings. The first-order valence-electron chi connectivity index (χ1n) is 17.5. The summed E-state index contributed by atoms with van der Waals surface area (Å²) in [5.41, 5.74) is 5.88. The van der Waals surface area contributed by atoms with Gasteiger partial charge in [0.25, 0.3) is 0 Å². The summed E-state index contributed by atoms with van der Waals surface area (Å²) in [6, 6.07) is 22.4. The summed E-state index contributed by atoms with van der Waals surface area (Å²) >= 11 is 1.84. The van der Waals surface area contributed by atoms with E-state index in [0.29, 0.717) is 5.92 Å². The van der Waals surface area contributed by atoms with Crippen LogP contribution in [0.25, 0.3) is 53.4 Å². The molecular weight excluding hydrogens is 803 g/mol. The molecule has 3 aromatic carbocycles. The monoisotopic (exact) mass is 853 g/mol. The Morgan fingerprint density at radius 2 is 1.55 bits per heavy atom. The van der Waals surface area contributed by atoms with Crippen molar-refractivity contribution in [3.8, 4) is 11.3 Å². The summed E-state index contributed by atoms with van der Waals surface area (Å²) in [4.78, 5) is 17.0. The minimum absolute atomic E-state index is 0. The maximum absolute atomic E-state index is 12.2. The van der Waals surface area contributed by atoms with Gasteiger partial charge in [0.1, 0.15) is 11.3 Å². The zero-order valence-electron chi connectivity index (χ0n) is 30.4. The molecule has 0 unspecified atom stereocenters. The van der Waals surface area contributed by atoms with Crippen LogP contribution in [0.3, 0.4) is 0 Å². The summed E-state index contributed by atoms with van der Waals surface area (Å²) in [5.74, 6) is 0.928. The number of benzene rings is 3. The minimum Gasteiger partial charge on any atom is -0.512 e. The number of hydrogen-bond donors (Lipinski definition) is 1. The molecular formula is C43H50IrNO3S-. The number of nitrogens with zero attached hydrogens (tertiary/aromatic N) is 1. The number of fused-ring (bicyclic) bond motifs is 6. The fourth-order valence-corrected chi connectivity index (χ4v) is 7.65. The average Bonchev–Trinajstić information content (AvgIpc) is 3.68. The molecule has 0 spiro atoms. The van der Waals surface area contributed by atoms with Crippen molar-refractivity contribution in [2.45, 2.75) is 94.4 Å². The van der Waals surface area contributed by atoms with E-state index < -0.39 is 0 Å². The number of hydrogen-bond acceptors (Lipinski definition) is 5. The zero-order chi connectivity index (χ0) is 34.8. The standard InChI is InChI=1S/C28H22NOS.C15H28O2.Ir/c1-16(2)15-18-11-12-21-22-13-14-29-25(28(22)31-27(21)17(18)3)23-9-6-8-20-19-7-4-5-10-24(19)30-26(20)23;1-7-14(5,8-2)12(16)11-13(17)15(6,9-3)10-4;/h4-8,10-14,16H,15H2,1-3H3;11,16H,7-10H2,1-6H3;/q-1;;/b;12-11-;.